The van der Waals surface area contributed by atoms with Gasteiger partial charge in [0, 0.05) is 12.3 Å². The van der Waals surface area contributed by atoms with Crippen molar-refractivity contribution in [2.75, 3.05) is 0 Å². The Labute approximate surface area is 62.8 Å². The highest BCUT2D eigenvalue weighted by molar-refractivity contribution is 5.81. The standard InChI is InChI=1S/C9H16O/c1-7(2)8-5-3-4-6-9(8)10/h7-8H,3-6H2,1-2H3/t8-/m0/s1. The molecule has 0 aromatic heterocycles. The Bertz CT molecular complexity index is 127. The molecule has 1 heteroatoms. The maximum atomic E-state index is 11.2. The molecule has 0 amide bonds. The summed E-state index contributed by atoms with van der Waals surface area (Å²) in [6, 6.07) is 0. The van der Waals surface area contributed by atoms with Crippen LogP contribution < -0.4 is 0 Å². The van der Waals surface area contributed by atoms with Crippen molar-refractivity contribution in [3.8, 4) is 0 Å². The van der Waals surface area contributed by atoms with Gasteiger partial charge in [-0.3, -0.25) is 4.79 Å². The van der Waals surface area contributed by atoms with E-state index in [2.05, 4.69) is 13.8 Å². The molecular weight excluding hydrogens is 124 g/mol. The second kappa shape index (κ2) is 3.18. The van der Waals surface area contributed by atoms with E-state index in [1.54, 1.807) is 0 Å². The van der Waals surface area contributed by atoms with Crippen LogP contribution in [0.4, 0.5) is 0 Å². The molecule has 0 unspecified atom stereocenters. The second-order valence-corrected chi connectivity index (χ2v) is 3.56. The zero-order valence-corrected chi connectivity index (χ0v) is 6.89. The van der Waals surface area contributed by atoms with Crippen LogP contribution in [0.1, 0.15) is 39.5 Å². The monoisotopic (exact) mass is 140 g/mol. The van der Waals surface area contributed by atoms with Gasteiger partial charge in [-0.1, -0.05) is 20.3 Å². The van der Waals surface area contributed by atoms with E-state index in [9.17, 15) is 4.79 Å². The Hall–Kier alpha value is -0.330. The molecule has 10 heavy (non-hydrogen) atoms. The highest BCUT2D eigenvalue weighted by atomic mass is 16.1. The van der Waals surface area contributed by atoms with Crippen LogP contribution in [0.25, 0.3) is 0 Å². The molecule has 0 aromatic rings. The maximum Gasteiger partial charge on any atom is 0.136 e. The summed E-state index contributed by atoms with van der Waals surface area (Å²) in [6.07, 6.45) is 4.36. The first kappa shape index (κ1) is 7.77. The van der Waals surface area contributed by atoms with Crippen molar-refractivity contribution < 1.29 is 4.79 Å². The third kappa shape index (κ3) is 1.59. The van der Waals surface area contributed by atoms with E-state index >= 15 is 0 Å². The molecular formula is C9H16O. The fourth-order valence-electron chi connectivity index (χ4n) is 1.71. The molecule has 1 saturated carbocycles. The molecule has 0 spiro atoms. The van der Waals surface area contributed by atoms with Crippen LogP contribution in [0.15, 0.2) is 0 Å². The lowest BCUT2D eigenvalue weighted by molar-refractivity contribution is -0.125. The average Bonchev–Trinajstić information content (AvgIpc) is 1.88. The van der Waals surface area contributed by atoms with Crippen molar-refractivity contribution in [1.82, 2.24) is 0 Å². The van der Waals surface area contributed by atoms with Gasteiger partial charge in [-0.25, -0.2) is 0 Å². The Morgan fingerprint density at radius 3 is 2.50 bits per heavy atom. The van der Waals surface area contributed by atoms with Crippen molar-refractivity contribution in [2.45, 2.75) is 39.5 Å². The van der Waals surface area contributed by atoms with Crippen LogP contribution in [0.5, 0.6) is 0 Å². The number of carbonyl (C=O) groups is 1. The summed E-state index contributed by atoms with van der Waals surface area (Å²) in [4.78, 5) is 11.2. The van der Waals surface area contributed by atoms with E-state index in [4.69, 9.17) is 0 Å². The zero-order chi connectivity index (χ0) is 7.56. The Balaban J connectivity index is 2.48. The van der Waals surface area contributed by atoms with Gasteiger partial charge in [0.15, 0.2) is 0 Å². The average molecular weight is 140 g/mol. The van der Waals surface area contributed by atoms with Gasteiger partial charge in [0.2, 0.25) is 0 Å². The summed E-state index contributed by atoms with van der Waals surface area (Å²) in [7, 11) is 0. The van der Waals surface area contributed by atoms with E-state index in [1.165, 1.54) is 6.42 Å². The summed E-state index contributed by atoms with van der Waals surface area (Å²) in [5.74, 6) is 1.45. The van der Waals surface area contributed by atoms with Crippen LogP contribution in [-0.4, -0.2) is 5.78 Å². The quantitative estimate of drug-likeness (QED) is 0.546. The molecule has 1 rings (SSSR count). The summed E-state index contributed by atoms with van der Waals surface area (Å²) >= 11 is 0. The van der Waals surface area contributed by atoms with Crippen LogP contribution in [0, 0.1) is 11.8 Å². The normalized spacial score (nSPS) is 27.5. The van der Waals surface area contributed by atoms with Crippen LogP contribution >= 0.6 is 0 Å². The van der Waals surface area contributed by atoms with Crippen LogP contribution in [-0.2, 0) is 4.79 Å². The first-order valence-corrected chi connectivity index (χ1v) is 4.24. The number of hydrogen-bond donors (Lipinski definition) is 0. The summed E-state index contributed by atoms with van der Waals surface area (Å²) in [5, 5.41) is 0. The Morgan fingerprint density at radius 2 is 2.10 bits per heavy atom. The lowest BCUT2D eigenvalue weighted by atomic mass is 9.81. The fraction of sp³-hybridized carbons (Fsp3) is 0.889. The summed E-state index contributed by atoms with van der Waals surface area (Å²) in [5.41, 5.74) is 0. The lowest BCUT2D eigenvalue weighted by Gasteiger charge is -2.23. The molecule has 1 aliphatic carbocycles. The van der Waals surface area contributed by atoms with Gasteiger partial charge in [0.05, 0.1) is 0 Å². The SMILES string of the molecule is CC(C)[C@@H]1CCCCC1=O. The van der Waals surface area contributed by atoms with E-state index in [-0.39, 0.29) is 0 Å². The minimum Gasteiger partial charge on any atom is -0.299 e. The van der Waals surface area contributed by atoms with Gasteiger partial charge in [-0.2, -0.15) is 0 Å². The first-order valence-electron chi connectivity index (χ1n) is 4.24. The molecule has 0 aliphatic heterocycles. The van der Waals surface area contributed by atoms with Crippen molar-refractivity contribution in [1.29, 1.82) is 0 Å². The fourth-order valence-corrected chi connectivity index (χ4v) is 1.71. The summed E-state index contributed by atoms with van der Waals surface area (Å²) < 4.78 is 0. The van der Waals surface area contributed by atoms with E-state index < -0.39 is 0 Å². The predicted octanol–water partition coefficient (Wildman–Crippen LogP) is 2.40. The van der Waals surface area contributed by atoms with E-state index in [0.717, 1.165) is 19.3 Å². The number of Topliss-reactive ketones (excluding diaryl/α,β-unsaturated/α-hetero) is 1. The maximum absolute atomic E-state index is 11.2. The third-order valence-electron chi connectivity index (χ3n) is 2.41. The van der Waals surface area contributed by atoms with E-state index in [0.29, 0.717) is 17.6 Å². The molecule has 0 saturated heterocycles. The first-order chi connectivity index (χ1) is 4.72. The zero-order valence-electron chi connectivity index (χ0n) is 6.89. The van der Waals surface area contributed by atoms with Crippen molar-refractivity contribution in [2.24, 2.45) is 11.8 Å². The second-order valence-electron chi connectivity index (χ2n) is 3.56. The molecule has 0 aromatic carbocycles. The highest BCUT2D eigenvalue weighted by Crippen LogP contribution is 2.26. The number of hydrogen-bond acceptors (Lipinski definition) is 1. The topological polar surface area (TPSA) is 17.1 Å². The summed E-state index contributed by atoms with van der Waals surface area (Å²) in [6.45, 7) is 4.29. The lowest BCUT2D eigenvalue weighted by Crippen LogP contribution is -2.23. The highest BCUT2D eigenvalue weighted by Gasteiger charge is 2.24. The molecule has 1 nitrogen and oxygen atoms in total. The predicted molar refractivity (Wildman–Crippen MR) is 41.8 cm³/mol. The van der Waals surface area contributed by atoms with E-state index in [1.807, 2.05) is 0 Å². The molecule has 0 bridgehead atoms. The van der Waals surface area contributed by atoms with Gasteiger partial charge in [0.25, 0.3) is 0 Å². The van der Waals surface area contributed by atoms with Gasteiger partial charge in [0.1, 0.15) is 5.78 Å². The molecule has 0 radical (unpaired) electrons. The Morgan fingerprint density at radius 1 is 1.40 bits per heavy atom. The van der Waals surface area contributed by atoms with Crippen molar-refractivity contribution >= 4 is 5.78 Å². The minimum absolute atomic E-state index is 0.383. The van der Waals surface area contributed by atoms with Gasteiger partial charge in [-0.05, 0) is 18.8 Å². The minimum atomic E-state index is 0.383. The van der Waals surface area contributed by atoms with Crippen molar-refractivity contribution in [3.05, 3.63) is 0 Å². The largest absolute Gasteiger partial charge is 0.299 e. The molecule has 1 atom stereocenters. The van der Waals surface area contributed by atoms with Crippen LogP contribution in [0.3, 0.4) is 0 Å². The smallest absolute Gasteiger partial charge is 0.136 e. The van der Waals surface area contributed by atoms with Gasteiger partial charge < -0.3 is 0 Å². The molecule has 1 aliphatic rings. The van der Waals surface area contributed by atoms with Gasteiger partial charge >= 0.3 is 0 Å². The molecule has 58 valence electrons. The number of carbonyl (C=O) groups excluding carboxylic acids is 1. The Kier molecular flexibility index (Phi) is 2.47. The molecule has 1 fully saturated rings. The third-order valence-corrected chi connectivity index (χ3v) is 2.41. The molecule has 0 N–H and O–H groups in total. The van der Waals surface area contributed by atoms with Crippen molar-refractivity contribution in [3.63, 3.8) is 0 Å². The number of rotatable bonds is 1. The molecule has 0 heterocycles. The number of ketones is 1. The van der Waals surface area contributed by atoms with Gasteiger partial charge in [-0.15, -0.1) is 0 Å². The van der Waals surface area contributed by atoms with Crippen LogP contribution in [0.2, 0.25) is 0 Å².